The summed E-state index contributed by atoms with van der Waals surface area (Å²) in [6.45, 7) is 7.12. The molecule has 5 unspecified atom stereocenters. The van der Waals surface area contributed by atoms with Gasteiger partial charge in [-0.2, -0.15) is 0 Å². The molecule has 1 saturated carbocycles. The van der Waals surface area contributed by atoms with Crippen LogP contribution in [0.3, 0.4) is 0 Å². The van der Waals surface area contributed by atoms with Crippen molar-refractivity contribution >= 4 is 16.9 Å². The first-order valence-electron chi connectivity index (χ1n) is 13.0. The van der Waals surface area contributed by atoms with Crippen LogP contribution in [0, 0.1) is 17.2 Å². The number of hydrogen-bond donors (Lipinski definition) is 3. The average molecular weight is 452 g/mol. The number of para-hydroxylation sites is 1. The number of aromatic nitrogens is 2. The molecule has 0 spiro atoms. The number of aromatic amines is 1. The van der Waals surface area contributed by atoms with Crippen molar-refractivity contribution in [2.75, 3.05) is 0 Å². The van der Waals surface area contributed by atoms with Gasteiger partial charge in [-0.3, -0.25) is 15.1 Å². The maximum Gasteiger partial charge on any atom is 0.270 e. The molecule has 1 aromatic carbocycles. The van der Waals surface area contributed by atoms with Crippen molar-refractivity contribution in [3.63, 3.8) is 0 Å². The zero-order valence-corrected chi connectivity index (χ0v) is 20.6. The zero-order chi connectivity index (χ0) is 23.5. The molecule has 1 aliphatic carbocycles. The summed E-state index contributed by atoms with van der Waals surface area (Å²) >= 11 is 0. The lowest BCUT2D eigenvalue weighted by Gasteiger charge is -2.43. The molecule has 2 fully saturated rings. The molecule has 2 aromatic rings. The van der Waals surface area contributed by atoms with Crippen LogP contribution in [0.25, 0.3) is 11.0 Å². The molecular weight excluding hydrogens is 410 g/mol. The highest BCUT2D eigenvalue weighted by Crippen LogP contribution is 2.32. The molecule has 1 aliphatic heterocycles. The second kappa shape index (κ2) is 10.4. The van der Waals surface area contributed by atoms with Gasteiger partial charge in [0.2, 0.25) is 0 Å². The molecular formula is C27H41N5O. The minimum Gasteiger partial charge on any atom is -0.387 e. The zero-order valence-electron chi connectivity index (χ0n) is 20.6. The van der Waals surface area contributed by atoms with E-state index in [1.165, 1.54) is 31.2 Å². The van der Waals surface area contributed by atoms with Crippen molar-refractivity contribution in [3.05, 3.63) is 39.8 Å². The number of H-pyrrole nitrogens is 1. The van der Waals surface area contributed by atoms with Crippen LogP contribution in [-0.4, -0.2) is 38.8 Å². The number of aryl methyl sites for hydroxylation is 1. The van der Waals surface area contributed by atoms with E-state index in [4.69, 9.17) is 16.1 Å². The maximum atomic E-state index is 12.9. The predicted octanol–water partition coefficient (Wildman–Crippen LogP) is 4.79. The first kappa shape index (κ1) is 23.9. The molecule has 1 saturated heterocycles. The molecule has 4 N–H and O–H groups in total. The third kappa shape index (κ3) is 5.48. The largest absolute Gasteiger partial charge is 0.387 e. The Morgan fingerprint density at radius 3 is 2.70 bits per heavy atom. The second-order valence-electron chi connectivity index (χ2n) is 10.7. The van der Waals surface area contributed by atoms with Gasteiger partial charge in [0.1, 0.15) is 5.69 Å². The SMILES string of the molecule is CC(CCCc1cccc2nc(CC3CCC(C(=N)N)C3)c(=O)[nH]c12)N1C(C)CCCC1C. The van der Waals surface area contributed by atoms with E-state index in [0.717, 1.165) is 43.1 Å². The molecule has 0 radical (unpaired) electrons. The molecule has 2 aliphatic rings. The lowest BCUT2D eigenvalue weighted by atomic mass is 9.93. The van der Waals surface area contributed by atoms with E-state index >= 15 is 0 Å². The highest BCUT2D eigenvalue weighted by molar-refractivity contribution is 5.80. The number of benzene rings is 1. The number of likely N-dealkylation sites (tertiary alicyclic amines) is 1. The minimum absolute atomic E-state index is 0.0643. The Hall–Kier alpha value is -2.21. The summed E-state index contributed by atoms with van der Waals surface area (Å²) < 4.78 is 0. The lowest BCUT2D eigenvalue weighted by Crippen LogP contribution is -2.48. The van der Waals surface area contributed by atoms with Gasteiger partial charge in [-0.05, 0) is 96.1 Å². The molecule has 6 heteroatoms. The quantitative estimate of drug-likeness (QED) is 0.397. The molecule has 180 valence electrons. The summed E-state index contributed by atoms with van der Waals surface area (Å²) in [6, 6.07) is 8.12. The summed E-state index contributed by atoms with van der Waals surface area (Å²) in [5.41, 5.74) is 9.21. The summed E-state index contributed by atoms with van der Waals surface area (Å²) in [4.78, 5) is 23.5. The molecule has 5 atom stereocenters. The molecule has 0 bridgehead atoms. The number of rotatable bonds is 8. The summed E-state index contributed by atoms with van der Waals surface area (Å²) in [7, 11) is 0. The first-order valence-corrected chi connectivity index (χ1v) is 13.0. The van der Waals surface area contributed by atoms with E-state index in [1.807, 2.05) is 6.07 Å². The van der Waals surface area contributed by atoms with Gasteiger partial charge < -0.3 is 10.7 Å². The van der Waals surface area contributed by atoms with Gasteiger partial charge in [-0.1, -0.05) is 18.6 Å². The van der Waals surface area contributed by atoms with E-state index < -0.39 is 0 Å². The fourth-order valence-corrected chi connectivity index (χ4v) is 6.42. The van der Waals surface area contributed by atoms with Gasteiger partial charge >= 0.3 is 0 Å². The Morgan fingerprint density at radius 1 is 1.24 bits per heavy atom. The number of amidine groups is 1. The average Bonchev–Trinajstić information content (AvgIpc) is 3.23. The van der Waals surface area contributed by atoms with Gasteiger partial charge in [-0.15, -0.1) is 0 Å². The van der Waals surface area contributed by atoms with Gasteiger partial charge in [0.15, 0.2) is 0 Å². The van der Waals surface area contributed by atoms with Gasteiger partial charge in [0.05, 0.1) is 16.9 Å². The smallest absolute Gasteiger partial charge is 0.270 e. The number of hydrogen-bond acceptors (Lipinski definition) is 4. The Labute approximate surface area is 197 Å². The van der Waals surface area contributed by atoms with E-state index in [2.05, 4.69) is 42.8 Å². The molecule has 0 amide bonds. The fourth-order valence-electron chi connectivity index (χ4n) is 6.42. The molecule has 33 heavy (non-hydrogen) atoms. The number of nitrogens with one attached hydrogen (secondary N) is 2. The minimum atomic E-state index is -0.0643. The van der Waals surface area contributed by atoms with Gasteiger partial charge in [0.25, 0.3) is 5.56 Å². The summed E-state index contributed by atoms with van der Waals surface area (Å²) in [5.74, 6) is 0.828. The third-order valence-corrected chi connectivity index (χ3v) is 8.19. The van der Waals surface area contributed by atoms with Crippen LogP contribution in [0.1, 0.15) is 83.4 Å². The van der Waals surface area contributed by atoms with Crippen LogP contribution in [0.2, 0.25) is 0 Å². The van der Waals surface area contributed by atoms with Gasteiger partial charge in [0, 0.05) is 24.0 Å². The first-order chi connectivity index (χ1) is 15.8. The standard InChI is InChI=1S/C27H41N5O/c1-17-7-4-8-18(2)32(17)19(3)9-5-10-21-11-6-12-23-25(21)31-27(33)24(30-23)16-20-13-14-22(15-20)26(28)29/h6,11-12,17-20,22H,4-5,7-10,13-16H2,1-3H3,(H3,28,29)(H,31,33). The van der Waals surface area contributed by atoms with Crippen molar-refractivity contribution in [1.29, 1.82) is 5.41 Å². The molecule has 2 heterocycles. The van der Waals surface area contributed by atoms with Crippen molar-refractivity contribution in [2.45, 2.75) is 103 Å². The Balaban J connectivity index is 1.41. The predicted molar refractivity (Wildman–Crippen MR) is 136 cm³/mol. The van der Waals surface area contributed by atoms with E-state index in [0.29, 0.717) is 36.2 Å². The van der Waals surface area contributed by atoms with Crippen LogP contribution in [0.15, 0.2) is 23.0 Å². The van der Waals surface area contributed by atoms with Crippen molar-refractivity contribution in [2.24, 2.45) is 17.6 Å². The third-order valence-electron chi connectivity index (χ3n) is 8.19. The number of nitrogens with two attached hydrogens (primary N) is 1. The molecule has 1 aromatic heterocycles. The summed E-state index contributed by atoms with van der Waals surface area (Å²) in [5, 5.41) is 7.69. The number of fused-ring (bicyclic) bond motifs is 1. The second-order valence-corrected chi connectivity index (χ2v) is 10.7. The van der Waals surface area contributed by atoms with Crippen LogP contribution >= 0.6 is 0 Å². The van der Waals surface area contributed by atoms with Crippen LogP contribution in [-0.2, 0) is 12.8 Å². The van der Waals surface area contributed by atoms with Crippen LogP contribution in [0.5, 0.6) is 0 Å². The Morgan fingerprint density at radius 2 is 2.00 bits per heavy atom. The van der Waals surface area contributed by atoms with E-state index in [-0.39, 0.29) is 17.3 Å². The molecule has 6 nitrogen and oxygen atoms in total. The maximum absolute atomic E-state index is 12.9. The Bertz CT molecular complexity index is 1020. The van der Waals surface area contributed by atoms with Crippen molar-refractivity contribution in [1.82, 2.24) is 14.9 Å². The number of nitrogens with zero attached hydrogens (tertiary/aromatic N) is 2. The van der Waals surface area contributed by atoms with Crippen LogP contribution < -0.4 is 11.3 Å². The topological polar surface area (TPSA) is 98.9 Å². The fraction of sp³-hybridized carbons (Fsp3) is 0.667. The number of piperidine rings is 1. The molecule has 4 rings (SSSR count). The monoisotopic (exact) mass is 451 g/mol. The van der Waals surface area contributed by atoms with Crippen molar-refractivity contribution < 1.29 is 0 Å². The summed E-state index contributed by atoms with van der Waals surface area (Å²) in [6.07, 6.45) is 10.7. The highest BCUT2D eigenvalue weighted by Gasteiger charge is 2.29. The highest BCUT2D eigenvalue weighted by atomic mass is 16.1. The van der Waals surface area contributed by atoms with Gasteiger partial charge in [-0.25, -0.2) is 4.98 Å². The lowest BCUT2D eigenvalue weighted by molar-refractivity contribution is 0.0580. The van der Waals surface area contributed by atoms with Crippen LogP contribution in [0.4, 0.5) is 0 Å². The van der Waals surface area contributed by atoms with E-state index in [9.17, 15) is 4.79 Å². The Kier molecular flexibility index (Phi) is 7.52. The normalized spacial score (nSPS) is 27.1. The van der Waals surface area contributed by atoms with Crippen molar-refractivity contribution in [3.8, 4) is 0 Å². The van der Waals surface area contributed by atoms with E-state index in [1.54, 1.807) is 0 Å².